The van der Waals surface area contributed by atoms with Crippen LogP contribution < -0.4 is 4.90 Å². The lowest BCUT2D eigenvalue weighted by Gasteiger charge is -2.16. The third-order valence-corrected chi connectivity index (χ3v) is 4.04. The molecule has 0 bridgehead atoms. The number of carbonyl (C=O) groups is 2. The van der Waals surface area contributed by atoms with Crippen LogP contribution in [0.3, 0.4) is 0 Å². The van der Waals surface area contributed by atoms with E-state index in [1.165, 1.54) is 4.90 Å². The molecule has 0 unspecified atom stereocenters. The molecule has 0 spiro atoms. The Bertz CT molecular complexity index is 917. The number of anilines is 1. The van der Waals surface area contributed by atoms with Crippen molar-refractivity contribution in [2.45, 2.75) is 0 Å². The van der Waals surface area contributed by atoms with E-state index in [1.54, 1.807) is 54.7 Å². The third-order valence-electron chi connectivity index (χ3n) is 3.73. The summed E-state index contributed by atoms with van der Waals surface area (Å²) in [5.74, 6) is -0.652. The fourth-order valence-corrected chi connectivity index (χ4v) is 2.94. The van der Waals surface area contributed by atoms with Crippen molar-refractivity contribution in [3.05, 3.63) is 70.9 Å². The molecule has 0 saturated carbocycles. The maximum Gasteiger partial charge on any atom is 0.266 e. The topological polar surface area (TPSA) is 50.3 Å². The molecule has 1 aliphatic heterocycles. The molecule has 2 amide bonds. The van der Waals surface area contributed by atoms with Crippen LogP contribution in [0.25, 0.3) is 10.9 Å². The van der Waals surface area contributed by atoms with E-state index in [2.05, 4.69) is 4.98 Å². The molecule has 2 aromatic carbocycles. The highest BCUT2D eigenvalue weighted by Crippen LogP contribution is 2.35. The summed E-state index contributed by atoms with van der Waals surface area (Å²) in [5, 5.41) is 1.15. The quantitative estimate of drug-likeness (QED) is 0.644. The van der Waals surface area contributed by atoms with Gasteiger partial charge in [0, 0.05) is 11.6 Å². The van der Waals surface area contributed by atoms with Crippen LogP contribution in [0.5, 0.6) is 0 Å². The van der Waals surface area contributed by atoms with Crippen LogP contribution >= 0.6 is 11.6 Å². The molecule has 0 atom stereocenters. The number of fused-ring (bicyclic) bond motifs is 2. The van der Waals surface area contributed by atoms with E-state index in [-0.39, 0.29) is 11.8 Å². The molecule has 1 aliphatic rings. The molecule has 1 aromatic heterocycles. The Balaban J connectivity index is 1.97. The van der Waals surface area contributed by atoms with E-state index >= 15 is 0 Å². The standard InChI is InChI=1S/C17H9ClN2O2/c18-13-7-8-14(12-6-3-9-19-15(12)13)20-16(21)10-4-1-2-5-11(10)17(20)22/h1-9H. The van der Waals surface area contributed by atoms with Crippen molar-refractivity contribution in [3.8, 4) is 0 Å². The fraction of sp³-hybridized carbons (Fsp3) is 0. The highest BCUT2D eigenvalue weighted by Gasteiger charge is 2.37. The SMILES string of the molecule is O=C1c2ccccc2C(=O)N1c1ccc(Cl)c2ncccc12. The average Bonchev–Trinajstić information content (AvgIpc) is 2.81. The summed E-state index contributed by atoms with van der Waals surface area (Å²) in [7, 11) is 0. The van der Waals surface area contributed by atoms with Gasteiger partial charge in [-0.3, -0.25) is 14.6 Å². The van der Waals surface area contributed by atoms with E-state index in [9.17, 15) is 9.59 Å². The van der Waals surface area contributed by atoms with Gasteiger partial charge in [-0.1, -0.05) is 23.7 Å². The number of imide groups is 1. The summed E-state index contributed by atoms with van der Waals surface area (Å²) in [5.41, 5.74) is 1.90. The van der Waals surface area contributed by atoms with E-state index < -0.39 is 0 Å². The molecule has 4 nitrogen and oxygen atoms in total. The summed E-state index contributed by atoms with van der Waals surface area (Å²) < 4.78 is 0. The Morgan fingerprint density at radius 2 is 1.55 bits per heavy atom. The predicted octanol–water partition coefficient (Wildman–Crippen LogP) is 3.69. The Morgan fingerprint density at radius 1 is 0.864 bits per heavy atom. The number of rotatable bonds is 1. The van der Waals surface area contributed by atoms with Crippen LogP contribution in [-0.2, 0) is 0 Å². The molecule has 22 heavy (non-hydrogen) atoms. The number of pyridine rings is 1. The van der Waals surface area contributed by atoms with Crippen LogP contribution in [0.2, 0.25) is 5.02 Å². The van der Waals surface area contributed by atoms with Crippen molar-refractivity contribution < 1.29 is 9.59 Å². The first-order chi connectivity index (χ1) is 10.7. The van der Waals surface area contributed by atoms with Gasteiger partial charge < -0.3 is 0 Å². The largest absolute Gasteiger partial charge is 0.268 e. The van der Waals surface area contributed by atoms with Crippen LogP contribution in [-0.4, -0.2) is 16.8 Å². The van der Waals surface area contributed by atoms with Crippen molar-refractivity contribution in [2.75, 3.05) is 4.90 Å². The van der Waals surface area contributed by atoms with Gasteiger partial charge in [-0.25, -0.2) is 4.90 Å². The summed E-state index contributed by atoms with van der Waals surface area (Å²) in [6.45, 7) is 0. The van der Waals surface area contributed by atoms with Crippen LogP contribution in [0.4, 0.5) is 5.69 Å². The smallest absolute Gasteiger partial charge is 0.266 e. The lowest BCUT2D eigenvalue weighted by atomic mass is 10.1. The van der Waals surface area contributed by atoms with E-state index in [0.29, 0.717) is 32.7 Å². The minimum Gasteiger partial charge on any atom is -0.268 e. The highest BCUT2D eigenvalue weighted by molar-refractivity contribution is 6.38. The van der Waals surface area contributed by atoms with Crippen molar-refractivity contribution in [2.24, 2.45) is 0 Å². The van der Waals surface area contributed by atoms with Gasteiger partial charge in [0.25, 0.3) is 11.8 Å². The first kappa shape index (κ1) is 13.0. The van der Waals surface area contributed by atoms with Crippen molar-refractivity contribution >= 4 is 40.0 Å². The molecule has 0 N–H and O–H groups in total. The Morgan fingerprint density at radius 3 is 2.23 bits per heavy atom. The number of halogens is 1. The molecule has 0 aliphatic carbocycles. The molecule has 106 valence electrons. The van der Waals surface area contributed by atoms with Gasteiger partial charge in [0.1, 0.15) is 0 Å². The molecule has 4 rings (SSSR count). The predicted molar refractivity (Wildman–Crippen MR) is 84.3 cm³/mol. The number of nitrogens with zero attached hydrogens (tertiary/aromatic N) is 2. The zero-order valence-corrected chi connectivity index (χ0v) is 12.0. The number of benzene rings is 2. The van der Waals surface area contributed by atoms with Gasteiger partial charge in [-0.2, -0.15) is 0 Å². The van der Waals surface area contributed by atoms with Crippen LogP contribution in [0.1, 0.15) is 20.7 Å². The second kappa shape index (κ2) is 4.64. The van der Waals surface area contributed by atoms with Crippen molar-refractivity contribution in [1.29, 1.82) is 0 Å². The maximum absolute atomic E-state index is 12.6. The summed E-state index contributed by atoms with van der Waals surface area (Å²) in [4.78, 5) is 30.6. The minimum atomic E-state index is -0.326. The summed E-state index contributed by atoms with van der Waals surface area (Å²) >= 11 is 6.15. The minimum absolute atomic E-state index is 0.326. The van der Waals surface area contributed by atoms with Gasteiger partial charge >= 0.3 is 0 Å². The first-order valence-corrected chi connectivity index (χ1v) is 7.07. The van der Waals surface area contributed by atoms with Gasteiger partial charge in [-0.15, -0.1) is 0 Å². The third kappa shape index (κ3) is 1.68. The first-order valence-electron chi connectivity index (χ1n) is 6.69. The van der Waals surface area contributed by atoms with Gasteiger partial charge in [0.2, 0.25) is 0 Å². The molecule has 2 heterocycles. The molecule has 0 fully saturated rings. The number of aromatic nitrogens is 1. The summed E-state index contributed by atoms with van der Waals surface area (Å²) in [6.07, 6.45) is 1.63. The second-order valence-electron chi connectivity index (χ2n) is 4.96. The fourth-order valence-electron chi connectivity index (χ4n) is 2.73. The van der Waals surface area contributed by atoms with Crippen molar-refractivity contribution in [1.82, 2.24) is 4.98 Å². The van der Waals surface area contributed by atoms with E-state index in [1.807, 2.05) is 0 Å². The Kier molecular flexibility index (Phi) is 2.74. The second-order valence-corrected chi connectivity index (χ2v) is 5.36. The lowest BCUT2D eigenvalue weighted by molar-refractivity contribution is 0.0926. The highest BCUT2D eigenvalue weighted by atomic mass is 35.5. The van der Waals surface area contributed by atoms with E-state index in [0.717, 1.165) is 0 Å². The maximum atomic E-state index is 12.6. The average molecular weight is 309 g/mol. The van der Waals surface area contributed by atoms with Crippen LogP contribution in [0.15, 0.2) is 54.7 Å². The molecule has 0 saturated heterocycles. The number of hydrogen-bond donors (Lipinski definition) is 0. The number of hydrogen-bond acceptors (Lipinski definition) is 3. The molecule has 0 radical (unpaired) electrons. The Hall–Kier alpha value is -2.72. The van der Waals surface area contributed by atoms with Crippen LogP contribution in [0, 0.1) is 0 Å². The normalized spacial score (nSPS) is 13.8. The summed E-state index contributed by atoms with van der Waals surface area (Å²) in [6, 6.07) is 13.7. The lowest BCUT2D eigenvalue weighted by Crippen LogP contribution is -2.29. The molecular formula is C17H9ClN2O2. The number of carbonyl (C=O) groups excluding carboxylic acids is 2. The van der Waals surface area contributed by atoms with Gasteiger partial charge in [0.15, 0.2) is 0 Å². The number of amides is 2. The Labute approximate surface area is 131 Å². The van der Waals surface area contributed by atoms with Gasteiger partial charge in [0.05, 0.1) is 27.4 Å². The monoisotopic (exact) mass is 308 g/mol. The van der Waals surface area contributed by atoms with Crippen molar-refractivity contribution in [3.63, 3.8) is 0 Å². The molecular weight excluding hydrogens is 300 g/mol. The zero-order chi connectivity index (χ0) is 15.3. The zero-order valence-electron chi connectivity index (χ0n) is 11.3. The van der Waals surface area contributed by atoms with Gasteiger partial charge in [-0.05, 0) is 36.4 Å². The molecule has 3 aromatic rings. The molecule has 5 heteroatoms. The van der Waals surface area contributed by atoms with E-state index in [4.69, 9.17) is 11.6 Å².